The fourth-order valence-corrected chi connectivity index (χ4v) is 4.19. The molecule has 3 heteroatoms. The summed E-state index contributed by atoms with van der Waals surface area (Å²) in [6.07, 6.45) is 4.23. The number of pyridine rings is 1. The van der Waals surface area contributed by atoms with Crippen LogP contribution in [-0.2, 0) is 6.42 Å². The van der Waals surface area contributed by atoms with Gasteiger partial charge < -0.3 is 5.32 Å². The molecule has 0 amide bonds. The van der Waals surface area contributed by atoms with E-state index in [1.54, 1.807) is 0 Å². The SMILES string of the molecule is CC(C)c1cccc(C(C)C)c1N=Cc1cccc(-c2cccc3c2NCCC3)n1. The largest absolute Gasteiger partial charge is 0.384 e. The van der Waals surface area contributed by atoms with Crippen molar-refractivity contribution in [1.29, 1.82) is 0 Å². The van der Waals surface area contributed by atoms with Gasteiger partial charge in [0.1, 0.15) is 0 Å². The zero-order chi connectivity index (χ0) is 21.1. The van der Waals surface area contributed by atoms with Crippen molar-refractivity contribution in [3.8, 4) is 11.3 Å². The maximum atomic E-state index is 4.94. The molecular formula is C27H31N3. The van der Waals surface area contributed by atoms with Crippen molar-refractivity contribution >= 4 is 17.6 Å². The van der Waals surface area contributed by atoms with E-state index < -0.39 is 0 Å². The van der Waals surface area contributed by atoms with Gasteiger partial charge in [0.05, 0.1) is 23.3 Å². The molecule has 0 aliphatic carbocycles. The summed E-state index contributed by atoms with van der Waals surface area (Å²) in [5.74, 6) is 0.856. The third-order valence-corrected chi connectivity index (χ3v) is 5.79. The Balaban J connectivity index is 1.71. The van der Waals surface area contributed by atoms with Crippen LogP contribution >= 0.6 is 0 Å². The minimum Gasteiger partial charge on any atom is -0.384 e. The standard InChI is InChI=1S/C27H31N3/c1-18(2)22-12-7-13-23(19(3)4)27(22)29-17-21-11-6-15-25(30-21)24-14-5-9-20-10-8-16-28-26(20)24/h5-7,9,11-15,17-19,28H,8,10,16H2,1-4H3. The first-order valence-electron chi connectivity index (χ1n) is 11.0. The van der Waals surface area contributed by atoms with Crippen LogP contribution in [0.2, 0.25) is 0 Å². The van der Waals surface area contributed by atoms with Gasteiger partial charge in [0, 0.05) is 17.8 Å². The lowest BCUT2D eigenvalue weighted by molar-refractivity contribution is 0.831. The van der Waals surface area contributed by atoms with E-state index in [-0.39, 0.29) is 0 Å². The van der Waals surface area contributed by atoms with Crippen LogP contribution in [0.3, 0.4) is 0 Å². The first-order chi connectivity index (χ1) is 14.5. The number of aliphatic imine (C=N–C) groups is 1. The van der Waals surface area contributed by atoms with E-state index in [2.05, 4.69) is 81.5 Å². The minimum atomic E-state index is 0.428. The van der Waals surface area contributed by atoms with Crippen molar-refractivity contribution in [2.24, 2.45) is 4.99 Å². The number of anilines is 1. The van der Waals surface area contributed by atoms with Crippen molar-refractivity contribution < 1.29 is 0 Å². The highest BCUT2D eigenvalue weighted by molar-refractivity contribution is 5.84. The average Bonchev–Trinajstić information content (AvgIpc) is 2.77. The Morgan fingerprint density at radius 1 is 0.900 bits per heavy atom. The number of hydrogen-bond acceptors (Lipinski definition) is 3. The highest BCUT2D eigenvalue weighted by atomic mass is 14.9. The molecule has 0 spiro atoms. The monoisotopic (exact) mass is 397 g/mol. The Bertz CT molecular complexity index is 1040. The van der Waals surface area contributed by atoms with E-state index >= 15 is 0 Å². The molecule has 2 aromatic carbocycles. The number of fused-ring (bicyclic) bond motifs is 1. The molecule has 0 saturated heterocycles. The molecule has 30 heavy (non-hydrogen) atoms. The summed E-state index contributed by atoms with van der Waals surface area (Å²) in [5, 5.41) is 3.57. The highest BCUT2D eigenvalue weighted by Gasteiger charge is 2.15. The molecule has 154 valence electrons. The number of nitrogens with zero attached hydrogens (tertiary/aromatic N) is 2. The normalized spacial score (nSPS) is 13.7. The lowest BCUT2D eigenvalue weighted by atomic mass is 9.93. The summed E-state index contributed by atoms with van der Waals surface area (Å²) in [4.78, 5) is 9.86. The lowest BCUT2D eigenvalue weighted by Crippen LogP contribution is -2.12. The first kappa shape index (κ1) is 20.3. The molecule has 1 N–H and O–H groups in total. The third kappa shape index (κ3) is 4.16. The number of aromatic nitrogens is 1. The maximum Gasteiger partial charge on any atom is 0.0820 e. The molecular weight excluding hydrogens is 366 g/mol. The van der Waals surface area contributed by atoms with E-state index in [1.807, 2.05) is 12.3 Å². The van der Waals surface area contributed by atoms with E-state index in [0.29, 0.717) is 11.8 Å². The molecule has 2 heterocycles. The van der Waals surface area contributed by atoms with Crippen LogP contribution in [0.25, 0.3) is 11.3 Å². The molecule has 3 nitrogen and oxygen atoms in total. The van der Waals surface area contributed by atoms with Gasteiger partial charge in [-0.2, -0.15) is 0 Å². The Kier molecular flexibility index (Phi) is 5.98. The molecule has 4 rings (SSSR count). The predicted molar refractivity (Wildman–Crippen MR) is 128 cm³/mol. The van der Waals surface area contributed by atoms with Crippen molar-refractivity contribution in [2.75, 3.05) is 11.9 Å². The fraction of sp³-hybridized carbons (Fsp3) is 0.333. The molecule has 1 aromatic heterocycles. The Morgan fingerprint density at radius 2 is 1.60 bits per heavy atom. The summed E-state index contributed by atoms with van der Waals surface area (Å²) in [6, 6.07) is 19.2. The quantitative estimate of drug-likeness (QED) is 0.466. The van der Waals surface area contributed by atoms with Crippen LogP contribution in [0.15, 0.2) is 59.6 Å². The Morgan fingerprint density at radius 3 is 2.33 bits per heavy atom. The zero-order valence-corrected chi connectivity index (χ0v) is 18.4. The van der Waals surface area contributed by atoms with Crippen LogP contribution in [0.5, 0.6) is 0 Å². The van der Waals surface area contributed by atoms with Crippen molar-refractivity contribution in [2.45, 2.75) is 52.4 Å². The molecule has 0 saturated carbocycles. The number of para-hydroxylation sites is 2. The summed E-state index contributed by atoms with van der Waals surface area (Å²) >= 11 is 0. The maximum absolute atomic E-state index is 4.94. The van der Waals surface area contributed by atoms with Crippen LogP contribution in [-0.4, -0.2) is 17.7 Å². The van der Waals surface area contributed by atoms with Crippen LogP contribution in [0, 0.1) is 0 Å². The molecule has 0 fully saturated rings. The molecule has 1 aliphatic heterocycles. The first-order valence-corrected chi connectivity index (χ1v) is 11.0. The van der Waals surface area contributed by atoms with Gasteiger partial charge in [-0.25, -0.2) is 4.98 Å². The second-order valence-corrected chi connectivity index (χ2v) is 8.67. The molecule has 0 bridgehead atoms. The molecule has 1 aliphatic rings. The van der Waals surface area contributed by atoms with Gasteiger partial charge >= 0.3 is 0 Å². The third-order valence-electron chi connectivity index (χ3n) is 5.79. The lowest BCUT2D eigenvalue weighted by Gasteiger charge is -2.21. The number of hydrogen-bond donors (Lipinski definition) is 1. The van der Waals surface area contributed by atoms with Gasteiger partial charge in [0.15, 0.2) is 0 Å². The van der Waals surface area contributed by atoms with Crippen LogP contribution in [0.1, 0.15) is 68.3 Å². The van der Waals surface area contributed by atoms with E-state index in [4.69, 9.17) is 9.98 Å². The topological polar surface area (TPSA) is 37.3 Å². The number of benzene rings is 2. The van der Waals surface area contributed by atoms with Crippen LogP contribution in [0.4, 0.5) is 11.4 Å². The molecule has 0 unspecified atom stereocenters. The van der Waals surface area contributed by atoms with Gasteiger partial charge in [0.2, 0.25) is 0 Å². The molecule has 0 atom stereocenters. The van der Waals surface area contributed by atoms with Crippen LogP contribution < -0.4 is 5.32 Å². The van der Waals surface area contributed by atoms with Crippen molar-refractivity contribution in [3.63, 3.8) is 0 Å². The zero-order valence-electron chi connectivity index (χ0n) is 18.4. The summed E-state index contributed by atoms with van der Waals surface area (Å²) in [5.41, 5.74) is 9.33. The van der Waals surface area contributed by atoms with Crippen molar-refractivity contribution in [1.82, 2.24) is 4.98 Å². The van der Waals surface area contributed by atoms with Gasteiger partial charge in [-0.05, 0) is 53.5 Å². The summed E-state index contributed by atoms with van der Waals surface area (Å²) in [7, 11) is 0. The average molecular weight is 398 g/mol. The predicted octanol–water partition coefficient (Wildman–Crippen LogP) is 7.10. The minimum absolute atomic E-state index is 0.428. The fourth-order valence-electron chi connectivity index (χ4n) is 4.19. The van der Waals surface area contributed by atoms with Crippen molar-refractivity contribution in [3.05, 3.63) is 77.0 Å². The van der Waals surface area contributed by atoms with E-state index in [1.165, 1.54) is 34.4 Å². The number of rotatable bonds is 5. The summed E-state index contributed by atoms with van der Waals surface area (Å²) < 4.78 is 0. The van der Waals surface area contributed by atoms with E-state index in [9.17, 15) is 0 Å². The second kappa shape index (κ2) is 8.83. The van der Waals surface area contributed by atoms with Gasteiger partial charge in [-0.1, -0.05) is 70.2 Å². The van der Waals surface area contributed by atoms with Gasteiger partial charge in [-0.15, -0.1) is 0 Å². The van der Waals surface area contributed by atoms with E-state index in [0.717, 1.165) is 30.0 Å². The highest BCUT2D eigenvalue weighted by Crippen LogP contribution is 2.35. The smallest absolute Gasteiger partial charge is 0.0820 e. The van der Waals surface area contributed by atoms with Gasteiger partial charge in [-0.3, -0.25) is 4.99 Å². The van der Waals surface area contributed by atoms with Gasteiger partial charge in [0.25, 0.3) is 0 Å². The number of aryl methyl sites for hydroxylation is 1. The number of nitrogens with one attached hydrogen (secondary N) is 1. The Labute approximate surface area is 180 Å². The second-order valence-electron chi connectivity index (χ2n) is 8.67. The Hall–Kier alpha value is -2.94. The summed E-state index contributed by atoms with van der Waals surface area (Å²) in [6.45, 7) is 9.92. The molecule has 3 aromatic rings. The molecule has 0 radical (unpaired) electrons.